The summed E-state index contributed by atoms with van der Waals surface area (Å²) in [5.74, 6) is 0.779. The van der Waals surface area contributed by atoms with Gasteiger partial charge in [-0.2, -0.15) is 5.01 Å². The first-order valence-electron chi connectivity index (χ1n) is 9.00. The zero-order chi connectivity index (χ0) is 20.1. The van der Waals surface area contributed by atoms with Crippen molar-refractivity contribution in [2.24, 2.45) is 5.10 Å². The molecule has 1 amide bonds. The molecule has 146 valence electrons. The lowest BCUT2D eigenvalue weighted by Gasteiger charge is -2.19. The van der Waals surface area contributed by atoms with Gasteiger partial charge in [-0.05, 0) is 48.4 Å². The molecule has 0 fully saturated rings. The summed E-state index contributed by atoms with van der Waals surface area (Å²) in [6, 6.07) is 14.5. The number of carbonyl (C=O) groups is 2. The fourth-order valence-corrected chi connectivity index (χ4v) is 2.72. The molecule has 0 unspecified atom stereocenters. The van der Waals surface area contributed by atoms with Crippen LogP contribution in [0, 0.1) is 0 Å². The highest BCUT2D eigenvalue weighted by atomic mass is 16.6. The highest BCUT2D eigenvalue weighted by Crippen LogP contribution is 2.29. The molecule has 0 aliphatic carbocycles. The standard InChI is InChI=1S/C21H22N2O5/c1-4-16-5-9-18(10-6-16)26-13-20-22-23(14(2)24)21(28-20)17-7-11-19(12-8-17)27-15(3)25/h5-12,21H,4,13H2,1-3H3/t21-/m1/s1. The summed E-state index contributed by atoms with van der Waals surface area (Å²) >= 11 is 0. The number of esters is 1. The largest absolute Gasteiger partial charge is 0.484 e. The second-order valence-corrected chi connectivity index (χ2v) is 6.28. The van der Waals surface area contributed by atoms with Gasteiger partial charge < -0.3 is 14.2 Å². The molecule has 1 heterocycles. The molecule has 1 aliphatic heterocycles. The highest BCUT2D eigenvalue weighted by Gasteiger charge is 2.32. The van der Waals surface area contributed by atoms with Gasteiger partial charge in [-0.1, -0.05) is 19.1 Å². The maximum absolute atomic E-state index is 12.0. The molecule has 2 aromatic rings. The Morgan fingerprint density at radius 1 is 1.04 bits per heavy atom. The predicted molar refractivity (Wildman–Crippen MR) is 103 cm³/mol. The summed E-state index contributed by atoms with van der Waals surface area (Å²) in [7, 11) is 0. The van der Waals surface area contributed by atoms with Gasteiger partial charge in [-0.25, -0.2) is 0 Å². The Bertz CT molecular complexity index is 875. The number of hydrogen-bond donors (Lipinski definition) is 0. The minimum absolute atomic E-state index is 0.108. The van der Waals surface area contributed by atoms with Gasteiger partial charge in [0.05, 0.1) is 0 Å². The van der Waals surface area contributed by atoms with E-state index >= 15 is 0 Å². The van der Waals surface area contributed by atoms with Crippen LogP contribution >= 0.6 is 0 Å². The number of hydrazone groups is 1. The van der Waals surface area contributed by atoms with Crippen LogP contribution in [0.5, 0.6) is 11.5 Å². The van der Waals surface area contributed by atoms with Crippen LogP contribution in [-0.2, 0) is 20.7 Å². The topological polar surface area (TPSA) is 77.4 Å². The van der Waals surface area contributed by atoms with Crippen LogP contribution in [0.25, 0.3) is 0 Å². The van der Waals surface area contributed by atoms with Crippen LogP contribution in [0.2, 0.25) is 0 Å². The summed E-state index contributed by atoms with van der Waals surface area (Å²) in [4.78, 5) is 23.0. The normalized spacial score (nSPS) is 15.6. The van der Waals surface area contributed by atoms with Gasteiger partial charge in [0.1, 0.15) is 11.5 Å². The Morgan fingerprint density at radius 2 is 1.68 bits per heavy atom. The average Bonchev–Trinajstić information content (AvgIpc) is 3.11. The molecule has 1 aliphatic rings. The molecule has 2 aromatic carbocycles. The van der Waals surface area contributed by atoms with E-state index in [0.29, 0.717) is 23.0 Å². The number of aryl methyl sites for hydroxylation is 1. The number of ether oxygens (including phenoxy) is 3. The molecule has 0 N–H and O–H groups in total. The number of benzene rings is 2. The molecular weight excluding hydrogens is 360 g/mol. The summed E-state index contributed by atoms with van der Waals surface area (Å²) in [6.45, 7) is 4.95. The number of hydrogen-bond acceptors (Lipinski definition) is 6. The van der Waals surface area contributed by atoms with E-state index in [1.54, 1.807) is 24.3 Å². The van der Waals surface area contributed by atoms with Crippen molar-refractivity contribution in [3.63, 3.8) is 0 Å². The molecule has 0 saturated heterocycles. The Labute approximate surface area is 163 Å². The Balaban J connectivity index is 1.67. The lowest BCUT2D eigenvalue weighted by atomic mass is 10.2. The molecule has 0 bridgehead atoms. The zero-order valence-electron chi connectivity index (χ0n) is 16.0. The number of rotatable bonds is 6. The molecule has 0 aromatic heterocycles. The molecule has 7 heteroatoms. The summed E-state index contributed by atoms with van der Waals surface area (Å²) in [5.41, 5.74) is 1.93. The molecule has 3 rings (SSSR count). The van der Waals surface area contributed by atoms with Crippen molar-refractivity contribution >= 4 is 17.8 Å². The van der Waals surface area contributed by atoms with Gasteiger partial charge in [0.15, 0.2) is 6.61 Å². The van der Waals surface area contributed by atoms with Gasteiger partial charge in [-0.15, -0.1) is 5.10 Å². The van der Waals surface area contributed by atoms with Crippen LogP contribution in [0.15, 0.2) is 53.6 Å². The smallest absolute Gasteiger partial charge is 0.308 e. The van der Waals surface area contributed by atoms with E-state index in [4.69, 9.17) is 14.2 Å². The summed E-state index contributed by atoms with van der Waals surface area (Å²) in [5, 5.41) is 5.50. The zero-order valence-corrected chi connectivity index (χ0v) is 16.0. The van der Waals surface area contributed by atoms with Crippen LogP contribution in [0.3, 0.4) is 0 Å². The summed E-state index contributed by atoms with van der Waals surface area (Å²) < 4.78 is 16.6. The molecule has 7 nitrogen and oxygen atoms in total. The third kappa shape index (κ3) is 4.68. The SMILES string of the molecule is CCc1ccc(OCC2=NN(C(C)=O)[C@@H](c3ccc(OC(C)=O)cc3)O2)cc1. The van der Waals surface area contributed by atoms with Crippen LogP contribution < -0.4 is 9.47 Å². The molecule has 0 saturated carbocycles. The van der Waals surface area contributed by atoms with Crippen molar-refractivity contribution in [2.45, 2.75) is 33.4 Å². The first-order chi connectivity index (χ1) is 13.5. The van der Waals surface area contributed by atoms with Crippen molar-refractivity contribution in [3.8, 4) is 11.5 Å². The number of amides is 1. The van der Waals surface area contributed by atoms with E-state index in [0.717, 1.165) is 6.42 Å². The van der Waals surface area contributed by atoms with Gasteiger partial charge in [-0.3, -0.25) is 9.59 Å². The monoisotopic (exact) mass is 382 g/mol. The van der Waals surface area contributed by atoms with Gasteiger partial charge >= 0.3 is 5.97 Å². The predicted octanol–water partition coefficient (Wildman–Crippen LogP) is 3.44. The molecule has 28 heavy (non-hydrogen) atoms. The second-order valence-electron chi connectivity index (χ2n) is 6.28. The molecule has 1 atom stereocenters. The highest BCUT2D eigenvalue weighted by molar-refractivity contribution is 5.83. The lowest BCUT2D eigenvalue weighted by molar-refractivity contribution is -0.135. The minimum Gasteiger partial charge on any atom is -0.484 e. The van der Waals surface area contributed by atoms with Gasteiger partial charge in [0.25, 0.3) is 0 Å². The van der Waals surface area contributed by atoms with Crippen LogP contribution in [0.4, 0.5) is 0 Å². The van der Waals surface area contributed by atoms with Crippen molar-refractivity contribution in [2.75, 3.05) is 6.61 Å². The van der Waals surface area contributed by atoms with Crippen molar-refractivity contribution in [1.82, 2.24) is 5.01 Å². The third-order valence-electron chi connectivity index (χ3n) is 4.13. The van der Waals surface area contributed by atoms with Crippen molar-refractivity contribution < 1.29 is 23.8 Å². The van der Waals surface area contributed by atoms with E-state index in [2.05, 4.69) is 12.0 Å². The minimum atomic E-state index is -0.690. The molecule has 0 spiro atoms. The van der Waals surface area contributed by atoms with E-state index in [1.807, 2.05) is 24.3 Å². The number of carbonyl (C=O) groups excluding carboxylic acids is 2. The van der Waals surface area contributed by atoms with E-state index in [9.17, 15) is 9.59 Å². The molecular formula is C21H22N2O5. The van der Waals surface area contributed by atoms with Crippen molar-refractivity contribution in [3.05, 3.63) is 59.7 Å². The first kappa shape index (κ1) is 19.4. The Hall–Kier alpha value is -3.35. The first-order valence-corrected chi connectivity index (χ1v) is 9.00. The summed E-state index contributed by atoms with van der Waals surface area (Å²) in [6.07, 6.45) is 0.270. The average molecular weight is 382 g/mol. The fourth-order valence-electron chi connectivity index (χ4n) is 2.72. The lowest BCUT2D eigenvalue weighted by Crippen LogP contribution is -2.25. The van der Waals surface area contributed by atoms with Gasteiger partial charge in [0.2, 0.25) is 18.0 Å². The van der Waals surface area contributed by atoms with Gasteiger partial charge in [0, 0.05) is 19.4 Å². The Kier molecular flexibility index (Phi) is 5.93. The van der Waals surface area contributed by atoms with E-state index in [-0.39, 0.29) is 12.5 Å². The number of nitrogens with zero attached hydrogens (tertiary/aromatic N) is 2. The fraction of sp³-hybridized carbons (Fsp3) is 0.286. The van der Waals surface area contributed by atoms with Crippen molar-refractivity contribution in [1.29, 1.82) is 0 Å². The third-order valence-corrected chi connectivity index (χ3v) is 4.13. The Morgan fingerprint density at radius 3 is 2.25 bits per heavy atom. The van der Waals surface area contributed by atoms with E-state index < -0.39 is 12.2 Å². The molecule has 0 radical (unpaired) electrons. The second kappa shape index (κ2) is 8.56. The maximum atomic E-state index is 12.0. The van der Waals surface area contributed by atoms with Crippen LogP contribution in [-0.4, -0.2) is 29.4 Å². The quantitative estimate of drug-likeness (QED) is 0.565. The van der Waals surface area contributed by atoms with E-state index in [1.165, 1.54) is 24.4 Å². The maximum Gasteiger partial charge on any atom is 0.308 e. The van der Waals surface area contributed by atoms with Crippen LogP contribution in [0.1, 0.15) is 38.1 Å².